The number of nitrogens with one attached hydrogen (secondary N) is 1. The first kappa shape index (κ1) is 22.1. The quantitative estimate of drug-likeness (QED) is 0.478. The van der Waals surface area contributed by atoms with Crippen LogP contribution in [0.3, 0.4) is 0 Å². The summed E-state index contributed by atoms with van der Waals surface area (Å²) in [6.45, 7) is 1.89. The second-order valence-corrected chi connectivity index (χ2v) is 7.13. The van der Waals surface area contributed by atoms with Crippen molar-refractivity contribution in [2.45, 2.75) is 25.8 Å². The van der Waals surface area contributed by atoms with Gasteiger partial charge in [-0.05, 0) is 37.5 Å². The fourth-order valence-corrected chi connectivity index (χ4v) is 3.16. The maximum Gasteiger partial charge on any atom is 0.251 e. The number of carbonyl (C=O) groups is 2. The van der Waals surface area contributed by atoms with Crippen LogP contribution in [0.1, 0.15) is 44.7 Å². The van der Waals surface area contributed by atoms with E-state index in [4.69, 9.17) is 10.5 Å². The zero-order valence-corrected chi connectivity index (χ0v) is 19.3. The van der Waals surface area contributed by atoms with Crippen molar-refractivity contribution in [3.05, 3.63) is 70.8 Å². The van der Waals surface area contributed by atoms with Gasteiger partial charge in [0.15, 0.2) is 0 Å². The van der Waals surface area contributed by atoms with Gasteiger partial charge in [0.1, 0.15) is 11.4 Å². The number of carbonyl (C=O) groups excluding carboxylic acids is 2. The first-order valence-corrected chi connectivity index (χ1v) is 9.43. The molecule has 3 N–H and O–H groups in total. The van der Waals surface area contributed by atoms with Gasteiger partial charge in [-0.1, -0.05) is 36.4 Å². The van der Waals surface area contributed by atoms with Crippen molar-refractivity contribution in [3.63, 3.8) is 0 Å². The summed E-state index contributed by atoms with van der Waals surface area (Å²) in [7, 11) is 1.44. The van der Waals surface area contributed by atoms with Crippen molar-refractivity contribution in [1.29, 1.82) is 0 Å². The number of nitrogens with two attached hydrogens (primary N) is 1. The Hall–Kier alpha value is -2.61. The Morgan fingerprint density at radius 2 is 1.83 bits per heavy atom. The first-order chi connectivity index (χ1) is 14.0. The standard InChI is InChI=1S/C22H22N4O3.Na/c1-13-8-9-15(21(28)24-16-10-11-16)12-17(13)26-20(23)18(22(25-26)29-2)19(27)14-6-4-3-5-7-14;/h3-9,12,16H,10-11,23H2,1-2H3,(H,24,28);. The second kappa shape index (κ2) is 9.04. The fourth-order valence-electron chi connectivity index (χ4n) is 3.16. The van der Waals surface area contributed by atoms with E-state index in [1.807, 2.05) is 19.1 Å². The van der Waals surface area contributed by atoms with Gasteiger partial charge >= 0.3 is 0 Å². The number of aryl methyl sites for hydroxylation is 1. The number of ether oxygens (including phenoxy) is 1. The number of ketones is 1. The molecule has 7 nitrogen and oxygen atoms in total. The average molecular weight is 413 g/mol. The van der Waals surface area contributed by atoms with Crippen LogP contribution in [0.15, 0.2) is 48.5 Å². The molecule has 2 aromatic carbocycles. The maximum atomic E-state index is 13.0. The van der Waals surface area contributed by atoms with Crippen LogP contribution in [0.4, 0.5) is 5.82 Å². The molecule has 1 fully saturated rings. The smallest absolute Gasteiger partial charge is 0.251 e. The Morgan fingerprint density at radius 1 is 1.13 bits per heavy atom. The van der Waals surface area contributed by atoms with E-state index in [0.29, 0.717) is 16.8 Å². The number of methoxy groups -OCH3 is 1. The number of nitrogens with zero attached hydrogens (tertiary/aromatic N) is 2. The van der Waals surface area contributed by atoms with Gasteiger partial charge in [0.25, 0.3) is 5.91 Å². The van der Waals surface area contributed by atoms with E-state index in [9.17, 15) is 9.59 Å². The van der Waals surface area contributed by atoms with E-state index in [-0.39, 0.29) is 64.6 Å². The molecule has 1 saturated carbocycles. The summed E-state index contributed by atoms with van der Waals surface area (Å²) in [6.07, 6.45) is 2.03. The molecule has 0 atom stereocenters. The van der Waals surface area contributed by atoms with Crippen molar-refractivity contribution < 1.29 is 14.3 Å². The normalized spacial score (nSPS) is 12.7. The van der Waals surface area contributed by atoms with Crippen LogP contribution in [-0.4, -0.2) is 64.2 Å². The van der Waals surface area contributed by atoms with Crippen molar-refractivity contribution in [1.82, 2.24) is 15.1 Å². The molecule has 1 heterocycles. The molecule has 149 valence electrons. The summed E-state index contributed by atoms with van der Waals surface area (Å²) in [5.41, 5.74) is 9.03. The fraction of sp³-hybridized carbons (Fsp3) is 0.227. The minimum Gasteiger partial charge on any atom is -0.479 e. The molecule has 3 aromatic rings. The molecule has 0 aliphatic heterocycles. The van der Waals surface area contributed by atoms with Crippen LogP contribution in [0.5, 0.6) is 5.88 Å². The average Bonchev–Trinajstić information content (AvgIpc) is 3.49. The molecule has 1 radical (unpaired) electrons. The summed E-state index contributed by atoms with van der Waals surface area (Å²) in [6, 6.07) is 14.4. The summed E-state index contributed by atoms with van der Waals surface area (Å²) in [5, 5.41) is 7.37. The molecule has 0 spiro atoms. The van der Waals surface area contributed by atoms with E-state index in [2.05, 4.69) is 10.4 Å². The summed E-state index contributed by atoms with van der Waals surface area (Å²) >= 11 is 0. The van der Waals surface area contributed by atoms with E-state index in [1.54, 1.807) is 36.4 Å². The van der Waals surface area contributed by atoms with Gasteiger partial charge in [-0.3, -0.25) is 9.59 Å². The first-order valence-electron chi connectivity index (χ1n) is 9.43. The molecule has 30 heavy (non-hydrogen) atoms. The Morgan fingerprint density at radius 3 is 2.47 bits per heavy atom. The van der Waals surface area contributed by atoms with E-state index >= 15 is 0 Å². The third kappa shape index (κ3) is 4.28. The van der Waals surface area contributed by atoms with E-state index in [0.717, 1.165) is 18.4 Å². The van der Waals surface area contributed by atoms with Crippen LogP contribution < -0.4 is 15.8 Å². The zero-order valence-electron chi connectivity index (χ0n) is 17.3. The van der Waals surface area contributed by atoms with Crippen LogP contribution in [0, 0.1) is 6.92 Å². The van der Waals surface area contributed by atoms with Gasteiger partial charge in [0, 0.05) is 46.7 Å². The monoisotopic (exact) mass is 413 g/mol. The zero-order chi connectivity index (χ0) is 20.5. The molecule has 1 aliphatic carbocycles. The number of benzene rings is 2. The van der Waals surface area contributed by atoms with Gasteiger partial charge in [-0.2, -0.15) is 0 Å². The SMILES string of the molecule is COc1nn(-c2cc(C(=O)NC3CC3)ccc2C)c(N)c1C(=O)c1ccccc1.[Na]. The number of amides is 1. The largest absolute Gasteiger partial charge is 0.479 e. The Kier molecular flexibility index (Phi) is 6.65. The number of hydrogen-bond acceptors (Lipinski definition) is 5. The third-order valence-corrected chi connectivity index (χ3v) is 4.96. The molecular weight excluding hydrogens is 391 g/mol. The van der Waals surface area contributed by atoms with E-state index < -0.39 is 0 Å². The van der Waals surface area contributed by atoms with E-state index in [1.165, 1.54) is 11.8 Å². The predicted octanol–water partition coefficient (Wildman–Crippen LogP) is 2.51. The molecule has 0 bridgehead atoms. The molecule has 8 heteroatoms. The van der Waals surface area contributed by atoms with Gasteiger partial charge < -0.3 is 15.8 Å². The number of hydrogen-bond donors (Lipinski definition) is 2. The molecular formula is C22H22N4NaO3. The number of rotatable bonds is 6. The Bertz CT molecular complexity index is 1090. The number of aromatic nitrogens is 2. The van der Waals surface area contributed by atoms with Crippen LogP contribution in [-0.2, 0) is 0 Å². The molecule has 0 unspecified atom stereocenters. The van der Waals surface area contributed by atoms with Gasteiger partial charge in [0.2, 0.25) is 11.7 Å². The number of nitrogen functional groups attached to an aromatic ring is 1. The third-order valence-electron chi connectivity index (χ3n) is 4.96. The molecule has 1 aromatic heterocycles. The molecule has 1 amide bonds. The topological polar surface area (TPSA) is 99.2 Å². The van der Waals surface area contributed by atoms with Gasteiger partial charge in [-0.15, -0.1) is 5.10 Å². The van der Waals surface area contributed by atoms with Crippen molar-refractivity contribution in [3.8, 4) is 11.6 Å². The molecule has 1 aliphatic rings. The van der Waals surface area contributed by atoms with Gasteiger partial charge in [-0.25, -0.2) is 4.68 Å². The van der Waals surface area contributed by atoms with Crippen molar-refractivity contribution in [2.75, 3.05) is 12.8 Å². The van der Waals surface area contributed by atoms with Crippen molar-refractivity contribution in [2.24, 2.45) is 0 Å². The minimum atomic E-state index is -0.272. The Labute approximate surface area is 196 Å². The Balaban J connectivity index is 0.00000256. The number of anilines is 1. The molecule has 0 saturated heterocycles. The van der Waals surface area contributed by atoms with Gasteiger partial charge in [0.05, 0.1) is 12.8 Å². The van der Waals surface area contributed by atoms with Crippen LogP contribution >= 0.6 is 0 Å². The second-order valence-electron chi connectivity index (χ2n) is 7.13. The molecule has 4 rings (SSSR count). The van der Waals surface area contributed by atoms with Crippen LogP contribution in [0.2, 0.25) is 0 Å². The predicted molar refractivity (Wildman–Crippen MR) is 115 cm³/mol. The van der Waals surface area contributed by atoms with Crippen LogP contribution in [0.25, 0.3) is 5.69 Å². The van der Waals surface area contributed by atoms with Crippen molar-refractivity contribution >= 4 is 47.1 Å². The minimum absolute atomic E-state index is 0. The summed E-state index contributed by atoms with van der Waals surface area (Å²) in [5.74, 6) is -0.0966. The summed E-state index contributed by atoms with van der Waals surface area (Å²) < 4.78 is 6.79. The summed E-state index contributed by atoms with van der Waals surface area (Å²) in [4.78, 5) is 25.4. The maximum absolute atomic E-state index is 13.0.